The van der Waals surface area contributed by atoms with Crippen LogP contribution in [0.3, 0.4) is 0 Å². The molecule has 49 heavy (non-hydrogen) atoms. The van der Waals surface area contributed by atoms with Gasteiger partial charge in [0.15, 0.2) is 0 Å². The van der Waals surface area contributed by atoms with E-state index >= 15 is 0 Å². The van der Waals surface area contributed by atoms with Gasteiger partial charge in [-0.25, -0.2) is 9.59 Å². The molecular formula is C38H60N4O7. The molecule has 2 amide bonds. The van der Waals surface area contributed by atoms with Crippen LogP contribution >= 0.6 is 0 Å². The van der Waals surface area contributed by atoms with Gasteiger partial charge in [0.25, 0.3) is 0 Å². The predicted molar refractivity (Wildman–Crippen MR) is 192 cm³/mol. The molecule has 3 N–H and O–H groups in total. The molecule has 2 aromatic rings. The second-order valence-corrected chi connectivity index (χ2v) is 14.3. The number of hydrogen-bond acceptors (Lipinski definition) is 9. The first-order chi connectivity index (χ1) is 23.3. The van der Waals surface area contributed by atoms with E-state index in [1.807, 2.05) is 82.8 Å². The van der Waals surface area contributed by atoms with Gasteiger partial charge in [-0.3, -0.25) is 9.80 Å². The Labute approximate surface area is 293 Å². The van der Waals surface area contributed by atoms with Gasteiger partial charge < -0.3 is 34.7 Å². The Hall–Kier alpha value is -3.51. The van der Waals surface area contributed by atoms with E-state index in [1.54, 1.807) is 0 Å². The maximum atomic E-state index is 12.4. The van der Waals surface area contributed by atoms with Gasteiger partial charge in [-0.2, -0.15) is 0 Å². The van der Waals surface area contributed by atoms with Crippen molar-refractivity contribution in [2.45, 2.75) is 104 Å². The molecule has 274 valence electrons. The summed E-state index contributed by atoms with van der Waals surface area (Å²) >= 11 is 0. The van der Waals surface area contributed by atoms with Gasteiger partial charge in [0.2, 0.25) is 0 Å². The van der Waals surface area contributed by atoms with E-state index in [2.05, 4.69) is 34.5 Å². The monoisotopic (exact) mass is 684 g/mol. The minimum atomic E-state index is -0.493. The van der Waals surface area contributed by atoms with Crippen LogP contribution in [0.4, 0.5) is 9.59 Å². The molecule has 2 aliphatic rings. The highest BCUT2D eigenvalue weighted by Crippen LogP contribution is 2.22. The van der Waals surface area contributed by atoms with Gasteiger partial charge >= 0.3 is 12.2 Å². The van der Waals surface area contributed by atoms with Gasteiger partial charge in [0, 0.05) is 51.9 Å². The number of nitrogens with one attached hydrogen (secondary N) is 1. The summed E-state index contributed by atoms with van der Waals surface area (Å²) in [6.07, 6.45) is 3.82. The van der Waals surface area contributed by atoms with Crippen molar-refractivity contribution in [2.24, 2.45) is 0 Å². The van der Waals surface area contributed by atoms with Crippen molar-refractivity contribution >= 4 is 18.5 Å². The molecule has 0 spiro atoms. The van der Waals surface area contributed by atoms with Crippen LogP contribution in [0.25, 0.3) is 0 Å². The number of aldehydes is 1. The lowest BCUT2D eigenvalue weighted by atomic mass is 10.1. The third-order valence-electron chi connectivity index (χ3n) is 7.68. The van der Waals surface area contributed by atoms with E-state index in [0.29, 0.717) is 19.6 Å². The zero-order valence-corrected chi connectivity index (χ0v) is 30.5. The molecule has 11 nitrogen and oxygen atoms in total. The Kier molecular flexibility index (Phi) is 18.3. The van der Waals surface area contributed by atoms with Gasteiger partial charge in [-0.05, 0) is 78.4 Å². The third-order valence-corrected chi connectivity index (χ3v) is 7.68. The first-order valence-electron chi connectivity index (χ1n) is 17.4. The number of benzene rings is 2. The van der Waals surface area contributed by atoms with Crippen LogP contribution in [-0.4, -0.2) is 113 Å². The van der Waals surface area contributed by atoms with E-state index in [-0.39, 0.29) is 37.5 Å². The summed E-state index contributed by atoms with van der Waals surface area (Å²) in [7, 11) is 0. The molecule has 0 bridgehead atoms. The zero-order chi connectivity index (χ0) is 36.3. The summed E-state index contributed by atoms with van der Waals surface area (Å²) in [6.45, 7) is 16.5. The maximum absolute atomic E-state index is 12.4. The standard InChI is InChI=1S/C19H30N2O3.C10H17NO3.C9H13NO/c1-19(2,3)24-18(23)21-11-7-10-17(21)15-20(12-13-22)14-16-8-5-4-6-9-16;1-10(2,3)14-9(13)11-6-4-5-8(11)7-12;11-7-6-10-8-9-4-2-1-3-5-9/h4-6,8-9,17,22H,7,10-15H2,1-3H3;7-8H,4-6H2,1-3H3;1-5,10-11H,6-8H2. The molecule has 0 radical (unpaired) electrons. The number of ether oxygens (including phenoxy) is 2. The van der Waals surface area contributed by atoms with Crippen LogP contribution < -0.4 is 5.32 Å². The fourth-order valence-electron chi connectivity index (χ4n) is 5.49. The quantitative estimate of drug-likeness (QED) is 0.215. The Bertz CT molecular complexity index is 1220. The van der Waals surface area contributed by atoms with Crippen LogP contribution in [0, 0.1) is 0 Å². The highest BCUT2D eigenvalue weighted by molar-refractivity contribution is 5.74. The molecule has 0 aromatic heterocycles. The normalized spacial score (nSPS) is 17.5. The molecule has 2 saturated heterocycles. The Morgan fingerprint density at radius 2 is 1.35 bits per heavy atom. The number of nitrogens with zero attached hydrogens (tertiary/aromatic N) is 3. The summed E-state index contributed by atoms with van der Waals surface area (Å²) < 4.78 is 10.7. The smallest absolute Gasteiger partial charge is 0.410 e. The first-order valence-corrected chi connectivity index (χ1v) is 17.4. The summed E-state index contributed by atoms with van der Waals surface area (Å²) in [5.41, 5.74) is 1.50. The number of carbonyl (C=O) groups excluding carboxylic acids is 3. The van der Waals surface area contributed by atoms with Crippen molar-refractivity contribution in [2.75, 3.05) is 45.9 Å². The van der Waals surface area contributed by atoms with Crippen LogP contribution in [0.1, 0.15) is 78.4 Å². The summed E-state index contributed by atoms with van der Waals surface area (Å²) in [4.78, 5) is 40.2. The van der Waals surface area contributed by atoms with Crippen molar-refractivity contribution in [3.63, 3.8) is 0 Å². The van der Waals surface area contributed by atoms with Crippen LogP contribution in [0.15, 0.2) is 60.7 Å². The van der Waals surface area contributed by atoms with E-state index in [0.717, 1.165) is 58.1 Å². The lowest BCUT2D eigenvalue weighted by molar-refractivity contribution is -0.111. The average Bonchev–Trinajstić information content (AvgIpc) is 3.72. The topological polar surface area (TPSA) is 132 Å². The summed E-state index contributed by atoms with van der Waals surface area (Å²) in [6, 6.07) is 20.2. The molecule has 2 unspecified atom stereocenters. The number of amides is 2. The molecule has 2 aromatic carbocycles. The van der Waals surface area contributed by atoms with Gasteiger partial charge in [-0.1, -0.05) is 60.7 Å². The van der Waals surface area contributed by atoms with E-state index < -0.39 is 11.2 Å². The minimum absolute atomic E-state index is 0.117. The Balaban J connectivity index is 0.000000282. The SMILES string of the molecule is CC(C)(C)OC(=O)N1CCCC1C=O.CC(C)(C)OC(=O)N1CCCC1CN(CCO)Cc1ccccc1.OCCNCc1ccccc1. The number of carbonyl (C=O) groups is 3. The van der Waals surface area contributed by atoms with Gasteiger partial charge in [0.05, 0.1) is 19.3 Å². The second kappa shape index (κ2) is 21.5. The summed E-state index contributed by atoms with van der Waals surface area (Å²) in [5, 5.41) is 21.0. The second-order valence-electron chi connectivity index (χ2n) is 14.3. The van der Waals surface area contributed by atoms with E-state index in [9.17, 15) is 19.5 Å². The zero-order valence-electron chi connectivity index (χ0n) is 30.5. The average molecular weight is 685 g/mol. The van der Waals surface area contributed by atoms with E-state index in [4.69, 9.17) is 14.6 Å². The van der Waals surface area contributed by atoms with Crippen molar-refractivity contribution in [3.8, 4) is 0 Å². The van der Waals surface area contributed by atoms with Crippen LogP contribution in [0.2, 0.25) is 0 Å². The molecule has 0 aliphatic carbocycles. The third kappa shape index (κ3) is 17.1. The fourth-order valence-corrected chi connectivity index (χ4v) is 5.49. The van der Waals surface area contributed by atoms with E-state index in [1.165, 1.54) is 16.0 Å². The van der Waals surface area contributed by atoms with Crippen LogP contribution in [0.5, 0.6) is 0 Å². The van der Waals surface area contributed by atoms with Crippen molar-refractivity contribution < 1.29 is 34.1 Å². The molecule has 2 aliphatic heterocycles. The molecule has 11 heteroatoms. The Morgan fingerprint density at radius 3 is 1.88 bits per heavy atom. The predicted octanol–water partition coefficient (Wildman–Crippen LogP) is 5.23. The van der Waals surface area contributed by atoms with Crippen molar-refractivity contribution in [1.82, 2.24) is 20.0 Å². The minimum Gasteiger partial charge on any atom is -0.444 e. The van der Waals surface area contributed by atoms with Gasteiger partial charge in [0.1, 0.15) is 17.5 Å². The number of likely N-dealkylation sites (tertiary alicyclic amines) is 2. The highest BCUT2D eigenvalue weighted by Gasteiger charge is 2.33. The molecule has 0 saturated carbocycles. The molecule has 2 heterocycles. The molecule has 4 rings (SSSR count). The molecule has 2 atom stereocenters. The van der Waals surface area contributed by atoms with Crippen molar-refractivity contribution in [1.29, 1.82) is 0 Å². The lowest BCUT2D eigenvalue weighted by Crippen LogP contribution is -2.45. The molecular weight excluding hydrogens is 624 g/mol. The number of aliphatic hydroxyl groups is 2. The number of rotatable bonds is 11. The fraction of sp³-hybridized carbons (Fsp3) is 0.605. The first kappa shape index (κ1) is 41.7. The largest absolute Gasteiger partial charge is 0.444 e. The van der Waals surface area contributed by atoms with Crippen LogP contribution in [-0.2, 0) is 27.4 Å². The van der Waals surface area contributed by atoms with Crippen molar-refractivity contribution in [3.05, 3.63) is 71.8 Å². The Morgan fingerprint density at radius 1 is 0.816 bits per heavy atom. The highest BCUT2D eigenvalue weighted by atomic mass is 16.6. The molecule has 2 fully saturated rings. The number of hydrogen-bond donors (Lipinski definition) is 3. The maximum Gasteiger partial charge on any atom is 0.410 e. The lowest BCUT2D eigenvalue weighted by Gasteiger charge is -2.32. The van der Waals surface area contributed by atoms with Gasteiger partial charge in [-0.15, -0.1) is 0 Å². The number of aliphatic hydroxyl groups excluding tert-OH is 2. The summed E-state index contributed by atoms with van der Waals surface area (Å²) in [5.74, 6) is 0.